The van der Waals surface area contributed by atoms with Crippen LogP contribution in [-0.4, -0.2) is 22.9 Å². The first-order valence-electron chi connectivity index (χ1n) is 6.23. The summed E-state index contributed by atoms with van der Waals surface area (Å²) in [5, 5.41) is 10.5. The highest BCUT2D eigenvalue weighted by Crippen LogP contribution is 2.36. The van der Waals surface area contributed by atoms with Crippen molar-refractivity contribution in [2.75, 3.05) is 6.61 Å². The van der Waals surface area contributed by atoms with Gasteiger partial charge in [0.2, 0.25) is 0 Å². The summed E-state index contributed by atoms with van der Waals surface area (Å²) in [7, 11) is 0. The fourth-order valence-corrected chi connectivity index (χ4v) is 2.87. The molecule has 0 saturated carbocycles. The third-order valence-corrected chi connectivity index (χ3v) is 3.32. The van der Waals surface area contributed by atoms with Crippen LogP contribution in [0.25, 0.3) is 0 Å². The van der Waals surface area contributed by atoms with Gasteiger partial charge in [0.15, 0.2) is 0 Å². The highest BCUT2D eigenvalue weighted by molar-refractivity contribution is 4.91. The van der Waals surface area contributed by atoms with Gasteiger partial charge in [0, 0.05) is 6.42 Å². The van der Waals surface area contributed by atoms with E-state index in [0.29, 0.717) is 12.5 Å². The van der Waals surface area contributed by atoms with Crippen molar-refractivity contribution in [3.8, 4) is 0 Å². The van der Waals surface area contributed by atoms with Gasteiger partial charge in [-0.2, -0.15) is 0 Å². The zero-order valence-corrected chi connectivity index (χ0v) is 10.7. The number of hydrogen-bond acceptors (Lipinski definition) is 2. The number of hydrogen-bond donors (Lipinski definition) is 1. The zero-order valence-electron chi connectivity index (χ0n) is 10.7. The van der Waals surface area contributed by atoms with Crippen LogP contribution in [0.2, 0.25) is 0 Å². The molecular formula is C13H26O2. The minimum atomic E-state index is -0.490. The number of aliphatic hydroxyl groups is 1. The third kappa shape index (κ3) is 4.12. The number of rotatable bonds is 4. The zero-order chi connectivity index (χ0) is 11.5. The predicted octanol–water partition coefficient (Wildman–Crippen LogP) is 3.13. The van der Waals surface area contributed by atoms with Crippen molar-refractivity contribution in [3.63, 3.8) is 0 Å². The Morgan fingerprint density at radius 3 is 2.60 bits per heavy atom. The quantitative estimate of drug-likeness (QED) is 0.779. The second-order valence-corrected chi connectivity index (χ2v) is 5.86. The van der Waals surface area contributed by atoms with Crippen molar-refractivity contribution in [2.24, 2.45) is 5.92 Å². The average molecular weight is 214 g/mol. The molecule has 0 radical (unpaired) electrons. The molecule has 0 spiro atoms. The third-order valence-electron chi connectivity index (χ3n) is 3.32. The maximum atomic E-state index is 10.5. The average Bonchev–Trinajstić information content (AvgIpc) is 1.99. The molecule has 15 heavy (non-hydrogen) atoms. The van der Waals surface area contributed by atoms with Gasteiger partial charge in [0.05, 0.1) is 17.8 Å². The summed E-state index contributed by atoms with van der Waals surface area (Å²) in [5.74, 6) is 0.619. The van der Waals surface area contributed by atoms with Gasteiger partial charge in [0.25, 0.3) is 0 Å². The van der Waals surface area contributed by atoms with Crippen LogP contribution in [0.4, 0.5) is 0 Å². The van der Waals surface area contributed by atoms with Crippen LogP contribution in [-0.2, 0) is 4.74 Å². The lowest BCUT2D eigenvalue weighted by Gasteiger charge is -2.42. The molecule has 2 nitrogen and oxygen atoms in total. The summed E-state index contributed by atoms with van der Waals surface area (Å²) in [6, 6.07) is 0. The van der Waals surface area contributed by atoms with Crippen molar-refractivity contribution in [1.29, 1.82) is 0 Å². The summed E-state index contributed by atoms with van der Waals surface area (Å²) < 4.78 is 5.64. The van der Waals surface area contributed by atoms with Crippen LogP contribution in [0.3, 0.4) is 0 Å². The van der Waals surface area contributed by atoms with Gasteiger partial charge >= 0.3 is 0 Å². The molecule has 0 aromatic heterocycles. The van der Waals surface area contributed by atoms with E-state index in [0.717, 1.165) is 19.3 Å². The lowest BCUT2D eigenvalue weighted by molar-refractivity contribution is -0.150. The van der Waals surface area contributed by atoms with E-state index in [-0.39, 0.29) is 5.60 Å². The molecular weight excluding hydrogens is 188 g/mol. The van der Waals surface area contributed by atoms with Gasteiger partial charge in [-0.3, -0.25) is 0 Å². The van der Waals surface area contributed by atoms with Crippen LogP contribution in [0.15, 0.2) is 0 Å². The van der Waals surface area contributed by atoms with E-state index < -0.39 is 5.60 Å². The lowest BCUT2D eigenvalue weighted by Crippen LogP contribution is -2.46. The van der Waals surface area contributed by atoms with E-state index in [1.807, 2.05) is 0 Å². The van der Waals surface area contributed by atoms with Crippen LogP contribution < -0.4 is 0 Å². The van der Waals surface area contributed by atoms with Gasteiger partial charge < -0.3 is 9.84 Å². The summed E-state index contributed by atoms with van der Waals surface area (Å²) in [4.78, 5) is 0. The van der Waals surface area contributed by atoms with Crippen molar-refractivity contribution in [2.45, 2.75) is 71.0 Å². The molecule has 90 valence electrons. The summed E-state index contributed by atoms with van der Waals surface area (Å²) in [5.41, 5.74) is -0.644. The molecule has 1 N–H and O–H groups in total. The topological polar surface area (TPSA) is 29.5 Å². The standard InChI is InChI=1S/C13H26O2/c1-5-6-11(2)9-13(14)7-8-15-12(3,4)10-13/h11,14H,5-10H2,1-4H3. The minimum Gasteiger partial charge on any atom is -0.390 e. The van der Waals surface area contributed by atoms with Crippen molar-refractivity contribution in [1.82, 2.24) is 0 Å². The molecule has 1 heterocycles. The molecule has 2 heteroatoms. The van der Waals surface area contributed by atoms with Crippen molar-refractivity contribution < 1.29 is 9.84 Å². The van der Waals surface area contributed by atoms with Crippen LogP contribution in [0.5, 0.6) is 0 Å². The smallest absolute Gasteiger partial charge is 0.0699 e. The lowest BCUT2D eigenvalue weighted by atomic mass is 9.78. The molecule has 0 aromatic rings. The molecule has 0 bridgehead atoms. The van der Waals surface area contributed by atoms with Gasteiger partial charge in [0.1, 0.15) is 0 Å². The molecule has 0 aliphatic carbocycles. The Morgan fingerprint density at radius 2 is 2.07 bits per heavy atom. The molecule has 2 atom stereocenters. The van der Waals surface area contributed by atoms with E-state index in [2.05, 4.69) is 27.7 Å². The normalized spacial score (nSPS) is 32.6. The first-order valence-corrected chi connectivity index (χ1v) is 6.23. The fraction of sp³-hybridized carbons (Fsp3) is 1.00. The Kier molecular flexibility index (Phi) is 4.19. The van der Waals surface area contributed by atoms with E-state index in [9.17, 15) is 5.11 Å². The van der Waals surface area contributed by atoms with Crippen molar-refractivity contribution in [3.05, 3.63) is 0 Å². The maximum absolute atomic E-state index is 10.5. The Morgan fingerprint density at radius 1 is 1.40 bits per heavy atom. The maximum Gasteiger partial charge on any atom is 0.0699 e. The van der Waals surface area contributed by atoms with Gasteiger partial charge in [-0.15, -0.1) is 0 Å². The highest BCUT2D eigenvalue weighted by atomic mass is 16.5. The predicted molar refractivity (Wildman–Crippen MR) is 62.9 cm³/mol. The van der Waals surface area contributed by atoms with Crippen LogP contribution in [0.1, 0.15) is 59.8 Å². The highest BCUT2D eigenvalue weighted by Gasteiger charge is 2.39. The molecule has 1 fully saturated rings. The largest absolute Gasteiger partial charge is 0.390 e. The van der Waals surface area contributed by atoms with Gasteiger partial charge in [-0.25, -0.2) is 0 Å². The number of ether oxygens (including phenoxy) is 1. The van der Waals surface area contributed by atoms with Crippen LogP contribution in [0, 0.1) is 5.92 Å². The Balaban J connectivity index is 2.50. The van der Waals surface area contributed by atoms with E-state index >= 15 is 0 Å². The summed E-state index contributed by atoms with van der Waals surface area (Å²) in [6.07, 6.45) is 4.91. The first kappa shape index (κ1) is 13.0. The monoisotopic (exact) mass is 214 g/mol. The Labute approximate surface area is 94.0 Å². The summed E-state index contributed by atoms with van der Waals surface area (Å²) >= 11 is 0. The van der Waals surface area contributed by atoms with Crippen LogP contribution >= 0.6 is 0 Å². The molecule has 0 amide bonds. The summed E-state index contributed by atoms with van der Waals surface area (Å²) in [6.45, 7) is 9.28. The van der Waals surface area contributed by atoms with Gasteiger partial charge in [-0.1, -0.05) is 26.7 Å². The Bertz CT molecular complexity index is 201. The Hall–Kier alpha value is -0.0800. The second kappa shape index (κ2) is 4.84. The second-order valence-electron chi connectivity index (χ2n) is 5.86. The minimum absolute atomic E-state index is 0.154. The van der Waals surface area contributed by atoms with E-state index in [1.54, 1.807) is 0 Å². The van der Waals surface area contributed by atoms with E-state index in [4.69, 9.17) is 4.74 Å². The molecule has 1 rings (SSSR count). The molecule has 0 aromatic carbocycles. The molecule has 2 unspecified atom stereocenters. The first-order chi connectivity index (χ1) is 6.87. The van der Waals surface area contributed by atoms with Gasteiger partial charge in [-0.05, 0) is 32.6 Å². The fourth-order valence-electron chi connectivity index (χ4n) is 2.87. The molecule has 1 aliphatic rings. The van der Waals surface area contributed by atoms with Crippen molar-refractivity contribution >= 4 is 0 Å². The molecule has 1 saturated heterocycles. The van der Waals surface area contributed by atoms with E-state index in [1.165, 1.54) is 12.8 Å². The molecule has 1 aliphatic heterocycles. The SMILES string of the molecule is CCCC(C)CC1(O)CCOC(C)(C)C1.